The molecule has 0 spiro atoms. The maximum Gasteiger partial charge on any atom is 0.244 e. The van der Waals surface area contributed by atoms with Gasteiger partial charge in [-0.2, -0.15) is 0 Å². The topological polar surface area (TPSA) is 86.8 Å². The summed E-state index contributed by atoms with van der Waals surface area (Å²) in [6, 6.07) is 17.3. The van der Waals surface area contributed by atoms with Gasteiger partial charge in [0.2, 0.25) is 21.8 Å². The second-order valence-electron chi connectivity index (χ2n) is 8.45. The van der Waals surface area contributed by atoms with Crippen molar-refractivity contribution < 1.29 is 18.0 Å². The molecule has 0 aromatic heterocycles. The maximum absolute atomic E-state index is 13.9. The molecule has 1 N–H and O–H groups in total. The second kappa shape index (κ2) is 13.0. The van der Waals surface area contributed by atoms with Gasteiger partial charge < -0.3 is 10.2 Å². The van der Waals surface area contributed by atoms with Crippen LogP contribution in [0.3, 0.4) is 0 Å². The molecule has 0 fully saturated rings. The van der Waals surface area contributed by atoms with E-state index >= 15 is 0 Å². The van der Waals surface area contributed by atoms with Gasteiger partial charge in [0, 0.05) is 30.1 Å². The fraction of sp³-hybridized carbons (Fsp3) is 0.231. The Morgan fingerprint density at radius 1 is 0.895 bits per heavy atom. The van der Waals surface area contributed by atoms with Gasteiger partial charge in [0.1, 0.15) is 12.6 Å². The molecule has 2 amide bonds. The first-order valence-electron chi connectivity index (χ1n) is 11.3. The summed E-state index contributed by atoms with van der Waals surface area (Å²) in [5, 5.41) is 3.68. The lowest BCUT2D eigenvalue weighted by Crippen LogP contribution is -2.52. The summed E-state index contributed by atoms with van der Waals surface area (Å²) in [6.45, 7) is -0.664. The number of sulfonamides is 1. The molecule has 0 radical (unpaired) electrons. The fourth-order valence-electron chi connectivity index (χ4n) is 3.81. The summed E-state index contributed by atoms with van der Waals surface area (Å²) in [6.07, 6.45) is 1.16. The summed E-state index contributed by atoms with van der Waals surface area (Å²) in [7, 11) is -2.46. The maximum atomic E-state index is 13.9. The van der Waals surface area contributed by atoms with Crippen LogP contribution in [0.25, 0.3) is 0 Å². The van der Waals surface area contributed by atoms with Crippen molar-refractivity contribution in [2.45, 2.75) is 19.0 Å². The number of hydrogen-bond donors (Lipinski definition) is 1. The largest absolute Gasteiger partial charge is 0.357 e. The van der Waals surface area contributed by atoms with Crippen LogP contribution in [0.1, 0.15) is 11.1 Å². The van der Waals surface area contributed by atoms with Crippen molar-refractivity contribution in [1.82, 2.24) is 10.2 Å². The van der Waals surface area contributed by atoms with Gasteiger partial charge in [0.15, 0.2) is 0 Å². The first-order chi connectivity index (χ1) is 17.9. The van der Waals surface area contributed by atoms with E-state index in [2.05, 4.69) is 5.32 Å². The standard InChI is InChI=1S/C26H25Cl4N3O4S/c1-31-26(35)24(12-17-6-4-3-5-7-17)32(15-18-8-9-19(27)13-22(18)29)25(34)16-33(38(2,36)37)20-10-11-21(28)23(30)14-20/h3-11,13-14,24H,12,15-16H2,1-2H3,(H,31,35). The van der Waals surface area contributed by atoms with Crippen LogP contribution in [0.5, 0.6) is 0 Å². The zero-order valence-corrected chi connectivity index (χ0v) is 24.3. The molecule has 12 heteroatoms. The first kappa shape index (κ1) is 30.1. The third-order valence-corrected chi connectivity index (χ3v) is 8.21. The predicted octanol–water partition coefficient (Wildman–Crippen LogP) is 5.45. The van der Waals surface area contributed by atoms with Crippen LogP contribution in [-0.4, -0.2) is 51.0 Å². The molecule has 38 heavy (non-hydrogen) atoms. The van der Waals surface area contributed by atoms with Gasteiger partial charge in [0.25, 0.3) is 0 Å². The van der Waals surface area contributed by atoms with Crippen LogP contribution in [-0.2, 0) is 32.6 Å². The van der Waals surface area contributed by atoms with Gasteiger partial charge in [-0.05, 0) is 41.5 Å². The number of likely N-dealkylation sites (N-methyl/N-ethyl adjacent to an activating group) is 1. The normalized spacial score (nSPS) is 12.1. The van der Waals surface area contributed by atoms with Crippen LogP contribution >= 0.6 is 46.4 Å². The predicted molar refractivity (Wildman–Crippen MR) is 154 cm³/mol. The molecule has 3 rings (SSSR count). The van der Waals surface area contributed by atoms with Crippen LogP contribution in [0.2, 0.25) is 20.1 Å². The molecule has 0 heterocycles. The lowest BCUT2D eigenvalue weighted by atomic mass is 10.0. The highest BCUT2D eigenvalue weighted by molar-refractivity contribution is 7.92. The minimum absolute atomic E-state index is 0.0707. The Morgan fingerprint density at radius 3 is 2.16 bits per heavy atom. The Labute approximate surface area is 242 Å². The molecule has 0 aliphatic heterocycles. The van der Waals surface area contributed by atoms with Crippen LogP contribution in [0.4, 0.5) is 5.69 Å². The van der Waals surface area contributed by atoms with E-state index in [1.165, 1.54) is 36.2 Å². The summed E-state index contributed by atoms with van der Waals surface area (Å²) in [5.41, 5.74) is 1.50. The van der Waals surface area contributed by atoms with E-state index in [4.69, 9.17) is 46.4 Å². The van der Waals surface area contributed by atoms with Crippen molar-refractivity contribution in [3.63, 3.8) is 0 Å². The average Bonchev–Trinajstić information content (AvgIpc) is 2.87. The molecule has 1 unspecified atom stereocenters. The van der Waals surface area contributed by atoms with E-state index in [0.717, 1.165) is 16.1 Å². The summed E-state index contributed by atoms with van der Waals surface area (Å²) < 4.78 is 26.4. The number of nitrogens with zero attached hydrogens (tertiary/aromatic N) is 2. The van der Waals surface area contributed by atoms with Gasteiger partial charge in [0.05, 0.1) is 22.0 Å². The van der Waals surface area contributed by atoms with Crippen molar-refractivity contribution in [2.24, 2.45) is 0 Å². The van der Waals surface area contributed by atoms with E-state index in [9.17, 15) is 18.0 Å². The third-order valence-electron chi connectivity index (χ3n) is 5.74. The SMILES string of the molecule is CNC(=O)C(Cc1ccccc1)N(Cc1ccc(Cl)cc1Cl)C(=O)CN(c1ccc(Cl)c(Cl)c1)S(C)(=O)=O. The molecular formula is C26H25Cl4N3O4S. The van der Waals surface area contributed by atoms with Crippen LogP contribution in [0, 0.1) is 0 Å². The van der Waals surface area contributed by atoms with Crippen molar-refractivity contribution in [2.75, 3.05) is 24.2 Å². The van der Waals surface area contributed by atoms with Crippen molar-refractivity contribution in [3.05, 3.63) is 97.9 Å². The fourth-order valence-corrected chi connectivity index (χ4v) is 5.41. The Hall–Kier alpha value is -2.49. The van der Waals surface area contributed by atoms with E-state index in [1.807, 2.05) is 30.3 Å². The minimum Gasteiger partial charge on any atom is -0.357 e. The molecule has 0 saturated heterocycles. The Balaban J connectivity index is 2.06. The monoisotopic (exact) mass is 615 g/mol. The molecule has 3 aromatic carbocycles. The second-order valence-corrected chi connectivity index (χ2v) is 12.0. The number of anilines is 1. The van der Waals surface area contributed by atoms with Crippen molar-refractivity contribution in [1.29, 1.82) is 0 Å². The smallest absolute Gasteiger partial charge is 0.244 e. The van der Waals surface area contributed by atoms with E-state index < -0.39 is 34.4 Å². The van der Waals surface area contributed by atoms with Gasteiger partial charge >= 0.3 is 0 Å². The molecule has 0 aliphatic rings. The number of amides is 2. The number of nitrogens with one attached hydrogen (secondary N) is 1. The molecule has 0 bridgehead atoms. The highest BCUT2D eigenvalue weighted by Gasteiger charge is 2.33. The summed E-state index contributed by atoms with van der Waals surface area (Å²) >= 11 is 24.6. The van der Waals surface area contributed by atoms with Crippen LogP contribution in [0.15, 0.2) is 66.7 Å². The highest BCUT2D eigenvalue weighted by atomic mass is 35.5. The van der Waals surface area contributed by atoms with Crippen LogP contribution < -0.4 is 9.62 Å². The van der Waals surface area contributed by atoms with Gasteiger partial charge in [-0.15, -0.1) is 0 Å². The highest BCUT2D eigenvalue weighted by Crippen LogP contribution is 2.29. The molecular weight excluding hydrogens is 592 g/mol. The molecule has 0 saturated carbocycles. The zero-order valence-electron chi connectivity index (χ0n) is 20.5. The van der Waals surface area contributed by atoms with Gasteiger partial charge in [-0.25, -0.2) is 8.42 Å². The third kappa shape index (κ3) is 7.77. The summed E-state index contributed by atoms with van der Waals surface area (Å²) in [5.74, 6) is -1.05. The Bertz CT molecular complexity index is 1420. The zero-order chi connectivity index (χ0) is 28.0. The van der Waals surface area contributed by atoms with E-state index in [-0.39, 0.29) is 28.7 Å². The molecule has 1 atom stereocenters. The van der Waals surface area contributed by atoms with Crippen molar-refractivity contribution >= 4 is 73.9 Å². The quantitative estimate of drug-likeness (QED) is 0.328. The first-order valence-corrected chi connectivity index (χ1v) is 14.7. The molecule has 0 aliphatic carbocycles. The van der Waals surface area contributed by atoms with Crippen molar-refractivity contribution in [3.8, 4) is 0 Å². The molecule has 7 nitrogen and oxygen atoms in total. The number of hydrogen-bond acceptors (Lipinski definition) is 4. The molecule has 202 valence electrons. The minimum atomic E-state index is -3.93. The summed E-state index contributed by atoms with van der Waals surface area (Å²) in [4.78, 5) is 28.3. The number of carbonyl (C=O) groups is 2. The lowest BCUT2D eigenvalue weighted by Gasteiger charge is -2.33. The van der Waals surface area contributed by atoms with Gasteiger partial charge in [-0.3, -0.25) is 13.9 Å². The van der Waals surface area contributed by atoms with Gasteiger partial charge in [-0.1, -0.05) is 82.8 Å². The van der Waals surface area contributed by atoms with E-state index in [1.54, 1.807) is 12.1 Å². The number of rotatable bonds is 10. The Kier molecular flexibility index (Phi) is 10.3. The number of carbonyl (C=O) groups excluding carboxylic acids is 2. The Morgan fingerprint density at radius 2 is 1.58 bits per heavy atom. The lowest BCUT2D eigenvalue weighted by molar-refractivity contribution is -0.139. The average molecular weight is 617 g/mol. The molecule has 3 aromatic rings. The number of benzene rings is 3. The van der Waals surface area contributed by atoms with E-state index in [0.29, 0.717) is 15.6 Å². The number of halogens is 4.